The zero-order valence-corrected chi connectivity index (χ0v) is 18.1. The molecule has 4 aromatic heterocycles. The van der Waals surface area contributed by atoms with Gasteiger partial charge in [-0.3, -0.25) is 0 Å². The van der Waals surface area contributed by atoms with Crippen LogP contribution in [0.25, 0.3) is 32.9 Å². The molecule has 6 nitrogen and oxygen atoms in total. The molecule has 0 bridgehead atoms. The third-order valence-corrected chi connectivity index (χ3v) is 7.86. The predicted molar refractivity (Wildman–Crippen MR) is 115 cm³/mol. The van der Waals surface area contributed by atoms with Crippen molar-refractivity contribution in [1.82, 2.24) is 9.97 Å². The first-order chi connectivity index (χ1) is 14.5. The molecule has 5 rings (SSSR count). The number of aryl methyl sites for hydroxylation is 1. The van der Waals surface area contributed by atoms with Gasteiger partial charge in [0, 0.05) is 0 Å². The van der Waals surface area contributed by atoms with E-state index in [2.05, 4.69) is 9.97 Å². The Morgan fingerprint density at radius 1 is 0.900 bits per heavy atom. The highest BCUT2D eigenvalue weighted by Crippen LogP contribution is 2.41. The molecule has 0 N–H and O–H groups in total. The van der Waals surface area contributed by atoms with E-state index in [1.807, 2.05) is 41.9 Å². The van der Waals surface area contributed by atoms with Crippen LogP contribution in [0, 0.1) is 6.92 Å². The summed E-state index contributed by atoms with van der Waals surface area (Å²) in [6, 6.07) is 14.2. The fourth-order valence-electron chi connectivity index (χ4n) is 2.97. The van der Waals surface area contributed by atoms with Crippen LogP contribution < -0.4 is 0 Å². The third kappa shape index (κ3) is 3.20. The van der Waals surface area contributed by atoms with E-state index >= 15 is 0 Å². The SMILES string of the molecule is Cc1ccc(S(=O)(=O)c2ncoc2-c2nc(-c3cccs3)oc2-c2cccs2)cc1. The number of hydrogen-bond donors (Lipinski definition) is 0. The third-order valence-electron chi connectivity index (χ3n) is 4.44. The van der Waals surface area contributed by atoms with Crippen molar-refractivity contribution in [2.45, 2.75) is 16.8 Å². The van der Waals surface area contributed by atoms with Gasteiger partial charge in [-0.05, 0) is 41.9 Å². The van der Waals surface area contributed by atoms with Crippen molar-refractivity contribution in [3.8, 4) is 32.9 Å². The number of nitrogens with zero attached hydrogens (tertiary/aromatic N) is 2. The molecule has 1 aromatic carbocycles. The van der Waals surface area contributed by atoms with Gasteiger partial charge in [-0.1, -0.05) is 29.8 Å². The van der Waals surface area contributed by atoms with Crippen molar-refractivity contribution in [2.24, 2.45) is 0 Å². The summed E-state index contributed by atoms with van der Waals surface area (Å²) in [5.41, 5.74) is 1.27. The monoisotopic (exact) mass is 454 g/mol. The molecule has 0 amide bonds. The van der Waals surface area contributed by atoms with Gasteiger partial charge in [0.15, 0.2) is 23.6 Å². The summed E-state index contributed by atoms with van der Waals surface area (Å²) in [5, 5.41) is 3.65. The minimum Gasteiger partial charge on any atom is -0.440 e. The van der Waals surface area contributed by atoms with Crippen LogP contribution in [0.1, 0.15) is 5.56 Å². The van der Waals surface area contributed by atoms with Crippen LogP contribution in [0.15, 0.2) is 84.4 Å². The summed E-state index contributed by atoms with van der Waals surface area (Å²) < 4.78 is 38.1. The minimum absolute atomic E-state index is 0.0607. The largest absolute Gasteiger partial charge is 0.440 e. The highest BCUT2D eigenvalue weighted by atomic mass is 32.2. The van der Waals surface area contributed by atoms with Gasteiger partial charge in [-0.25, -0.2) is 18.4 Å². The summed E-state index contributed by atoms with van der Waals surface area (Å²) in [4.78, 5) is 10.4. The van der Waals surface area contributed by atoms with Crippen molar-refractivity contribution < 1.29 is 17.3 Å². The lowest BCUT2D eigenvalue weighted by Gasteiger charge is -2.03. The van der Waals surface area contributed by atoms with E-state index in [0.29, 0.717) is 17.3 Å². The van der Waals surface area contributed by atoms with E-state index in [1.54, 1.807) is 24.3 Å². The highest BCUT2D eigenvalue weighted by Gasteiger charge is 2.31. The fourth-order valence-corrected chi connectivity index (χ4v) is 5.61. The average Bonchev–Trinajstić information content (AvgIpc) is 3.54. The number of hydrogen-bond acceptors (Lipinski definition) is 8. The molecule has 0 unspecified atom stereocenters. The normalized spacial score (nSPS) is 11.8. The Bertz CT molecular complexity index is 1400. The van der Waals surface area contributed by atoms with Gasteiger partial charge >= 0.3 is 0 Å². The van der Waals surface area contributed by atoms with E-state index in [0.717, 1.165) is 21.7 Å². The van der Waals surface area contributed by atoms with Gasteiger partial charge in [-0.15, -0.1) is 22.7 Å². The molecule has 4 heterocycles. The number of rotatable bonds is 5. The van der Waals surface area contributed by atoms with E-state index in [9.17, 15) is 8.42 Å². The molecule has 0 fully saturated rings. The number of oxazole rings is 2. The van der Waals surface area contributed by atoms with Crippen LogP contribution in [-0.2, 0) is 9.84 Å². The standard InChI is InChI=1S/C21H14N2O4S3/c1-13-6-8-14(9-7-13)30(24,25)21-19(26-12-22-21)17-18(15-4-2-10-28-15)27-20(23-17)16-5-3-11-29-16/h2-12H,1H3. The first-order valence-electron chi connectivity index (χ1n) is 8.88. The van der Waals surface area contributed by atoms with Crippen LogP contribution in [0.5, 0.6) is 0 Å². The number of thiophene rings is 2. The molecule has 5 aromatic rings. The second-order valence-electron chi connectivity index (χ2n) is 6.45. The molecule has 0 atom stereocenters. The van der Waals surface area contributed by atoms with Crippen molar-refractivity contribution >= 4 is 32.5 Å². The first kappa shape index (κ1) is 19.0. The predicted octanol–water partition coefficient (Wildman–Crippen LogP) is 5.93. The highest BCUT2D eigenvalue weighted by molar-refractivity contribution is 7.91. The smallest absolute Gasteiger partial charge is 0.237 e. The lowest BCUT2D eigenvalue weighted by molar-refractivity contribution is 0.563. The maximum atomic E-state index is 13.3. The molecule has 9 heteroatoms. The molecule has 0 radical (unpaired) electrons. The molecule has 150 valence electrons. The lowest BCUT2D eigenvalue weighted by atomic mass is 10.2. The average molecular weight is 455 g/mol. The lowest BCUT2D eigenvalue weighted by Crippen LogP contribution is -2.04. The Balaban J connectivity index is 1.69. The molecule has 0 saturated heterocycles. The van der Waals surface area contributed by atoms with Gasteiger partial charge in [0.05, 0.1) is 14.6 Å². The Morgan fingerprint density at radius 3 is 2.27 bits per heavy atom. The molecule has 0 aliphatic carbocycles. The van der Waals surface area contributed by atoms with Gasteiger partial charge in [0.25, 0.3) is 0 Å². The Hall–Kier alpha value is -3.01. The molecule has 0 aliphatic rings. The molecule has 0 aliphatic heterocycles. The van der Waals surface area contributed by atoms with Crippen LogP contribution in [0.3, 0.4) is 0 Å². The van der Waals surface area contributed by atoms with Crippen molar-refractivity contribution in [3.05, 3.63) is 71.2 Å². The first-order valence-corrected chi connectivity index (χ1v) is 12.1. The molecule has 0 spiro atoms. The number of benzene rings is 1. The van der Waals surface area contributed by atoms with Crippen molar-refractivity contribution in [1.29, 1.82) is 0 Å². The van der Waals surface area contributed by atoms with Crippen molar-refractivity contribution in [3.63, 3.8) is 0 Å². The maximum absolute atomic E-state index is 13.3. The van der Waals surface area contributed by atoms with E-state index in [-0.39, 0.29) is 15.7 Å². The van der Waals surface area contributed by atoms with E-state index in [4.69, 9.17) is 8.83 Å². The van der Waals surface area contributed by atoms with Crippen LogP contribution in [0.2, 0.25) is 0 Å². The Morgan fingerprint density at radius 2 is 1.60 bits per heavy atom. The van der Waals surface area contributed by atoms with Crippen LogP contribution in [0.4, 0.5) is 0 Å². The van der Waals surface area contributed by atoms with Gasteiger partial charge in [0.2, 0.25) is 20.8 Å². The molecule has 30 heavy (non-hydrogen) atoms. The second-order valence-corrected chi connectivity index (χ2v) is 10.2. The summed E-state index contributed by atoms with van der Waals surface area (Å²) in [5.74, 6) is 0.912. The topological polar surface area (TPSA) is 86.2 Å². The summed E-state index contributed by atoms with van der Waals surface area (Å²) in [7, 11) is -3.90. The Labute approximate surface area is 180 Å². The van der Waals surface area contributed by atoms with Gasteiger partial charge in [-0.2, -0.15) is 0 Å². The zero-order valence-electron chi connectivity index (χ0n) is 15.6. The molecular formula is C21H14N2O4S3. The van der Waals surface area contributed by atoms with Gasteiger partial charge < -0.3 is 8.83 Å². The zero-order chi connectivity index (χ0) is 20.7. The van der Waals surface area contributed by atoms with Gasteiger partial charge in [0.1, 0.15) is 0 Å². The van der Waals surface area contributed by atoms with Crippen LogP contribution >= 0.6 is 22.7 Å². The second kappa shape index (κ2) is 7.35. The summed E-state index contributed by atoms with van der Waals surface area (Å²) in [6.07, 6.45) is 1.12. The van der Waals surface area contributed by atoms with E-state index < -0.39 is 9.84 Å². The summed E-state index contributed by atoms with van der Waals surface area (Å²) in [6.45, 7) is 1.90. The number of aromatic nitrogens is 2. The molecular weight excluding hydrogens is 440 g/mol. The number of sulfone groups is 1. The summed E-state index contributed by atoms with van der Waals surface area (Å²) >= 11 is 2.95. The maximum Gasteiger partial charge on any atom is 0.237 e. The quantitative estimate of drug-likeness (QED) is 0.327. The Kier molecular flexibility index (Phi) is 4.65. The van der Waals surface area contributed by atoms with E-state index in [1.165, 1.54) is 22.7 Å². The minimum atomic E-state index is -3.90. The fraction of sp³-hybridized carbons (Fsp3) is 0.0476. The van der Waals surface area contributed by atoms with Crippen LogP contribution in [-0.4, -0.2) is 18.4 Å². The molecule has 0 saturated carbocycles. The van der Waals surface area contributed by atoms with Crippen molar-refractivity contribution in [2.75, 3.05) is 0 Å².